The first-order chi connectivity index (χ1) is 17.0. The molecular formula is C25H31ClFN5O3. The standard InChI is InChI=1S/C25H31ClFN5O3/c1-34-24(33)31-17-4-2-16(3-5-17)30-22-10-18(19(26)12-28-22)21-7-6-20(27)23(32-21)29-14-25-8-9-35-13-15(25)11-25/h6-7,10,12,15-17H,2-5,8-9,11,13-14H2,1H3,(H,28,30)(H,29,32)(H,31,33)/t15?,16-,17-,25?. The van der Waals surface area contributed by atoms with Crippen molar-refractivity contribution in [3.8, 4) is 11.3 Å². The van der Waals surface area contributed by atoms with Crippen molar-refractivity contribution in [2.24, 2.45) is 11.3 Å². The number of halogens is 2. The summed E-state index contributed by atoms with van der Waals surface area (Å²) in [6.45, 7) is 2.25. The van der Waals surface area contributed by atoms with Crippen LogP contribution < -0.4 is 16.0 Å². The van der Waals surface area contributed by atoms with Gasteiger partial charge < -0.3 is 25.4 Å². The topological polar surface area (TPSA) is 97.4 Å². The van der Waals surface area contributed by atoms with Gasteiger partial charge in [-0.3, -0.25) is 0 Å². The SMILES string of the molecule is COC(=O)N[C@H]1CC[C@H](Nc2cc(-c3ccc(F)c(NCC45CCOCC4C5)n3)c(Cl)cn2)CC1. The van der Waals surface area contributed by atoms with Crippen LogP contribution in [0.1, 0.15) is 38.5 Å². The van der Waals surface area contributed by atoms with Crippen LogP contribution in [0.15, 0.2) is 24.4 Å². The number of methoxy groups -OCH3 is 1. The fourth-order valence-electron chi connectivity index (χ4n) is 5.29. The number of carbonyl (C=O) groups excluding carboxylic acids is 1. The Hall–Kier alpha value is -2.65. The molecule has 3 fully saturated rings. The number of rotatable bonds is 7. The van der Waals surface area contributed by atoms with Gasteiger partial charge in [0, 0.05) is 43.6 Å². The van der Waals surface area contributed by atoms with E-state index in [9.17, 15) is 9.18 Å². The van der Waals surface area contributed by atoms with Gasteiger partial charge in [-0.25, -0.2) is 19.2 Å². The summed E-state index contributed by atoms with van der Waals surface area (Å²) >= 11 is 6.46. The van der Waals surface area contributed by atoms with E-state index in [2.05, 4.69) is 30.7 Å². The van der Waals surface area contributed by atoms with Crippen LogP contribution in [0.5, 0.6) is 0 Å². The second kappa shape index (κ2) is 10.1. The molecule has 2 aromatic rings. The zero-order valence-electron chi connectivity index (χ0n) is 19.8. The van der Waals surface area contributed by atoms with Gasteiger partial charge in [-0.05, 0) is 68.1 Å². The summed E-state index contributed by atoms with van der Waals surface area (Å²) in [5.74, 6) is 1.11. The second-order valence-corrected chi connectivity index (χ2v) is 10.3. The molecule has 1 aliphatic heterocycles. The number of alkyl carbamates (subject to hydrolysis) is 1. The van der Waals surface area contributed by atoms with Crippen molar-refractivity contribution in [1.29, 1.82) is 0 Å². The van der Waals surface area contributed by atoms with Crippen molar-refractivity contribution in [2.75, 3.05) is 37.5 Å². The number of nitrogens with one attached hydrogen (secondary N) is 3. The van der Waals surface area contributed by atoms with Crippen molar-refractivity contribution in [3.63, 3.8) is 0 Å². The number of carbonyl (C=O) groups is 1. The van der Waals surface area contributed by atoms with E-state index in [1.165, 1.54) is 13.2 Å². The molecule has 0 bridgehead atoms. The molecule has 2 unspecified atom stereocenters. The smallest absolute Gasteiger partial charge is 0.407 e. The lowest BCUT2D eigenvalue weighted by Crippen LogP contribution is -2.40. The Labute approximate surface area is 209 Å². The molecule has 3 N–H and O–H groups in total. The van der Waals surface area contributed by atoms with Gasteiger partial charge in [-0.15, -0.1) is 0 Å². The Morgan fingerprint density at radius 2 is 2.09 bits per heavy atom. The van der Waals surface area contributed by atoms with Crippen molar-refractivity contribution in [3.05, 3.63) is 35.2 Å². The predicted molar refractivity (Wildman–Crippen MR) is 132 cm³/mol. The van der Waals surface area contributed by atoms with E-state index >= 15 is 0 Å². The molecule has 0 aromatic carbocycles. The minimum Gasteiger partial charge on any atom is -0.453 e. The van der Waals surface area contributed by atoms with Crippen LogP contribution in [0.3, 0.4) is 0 Å². The lowest BCUT2D eigenvalue weighted by atomic mass is 9.91. The number of fused-ring (bicyclic) bond motifs is 1. The first kappa shape index (κ1) is 24.1. The Morgan fingerprint density at radius 1 is 1.29 bits per heavy atom. The lowest BCUT2D eigenvalue weighted by molar-refractivity contribution is 0.0650. The number of hydrogen-bond donors (Lipinski definition) is 3. The summed E-state index contributed by atoms with van der Waals surface area (Å²) < 4.78 is 24.8. The first-order valence-electron chi connectivity index (χ1n) is 12.2. The maximum atomic E-state index is 14.6. The van der Waals surface area contributed by atoms with Crippen LogP contribution in [-0.4, -0.2) is 55.0 Å². The average Bonchev–Trinajstić information content (AvgIpc) is 3.61. The molecular weight excluding hydrogens is 473 g/mol. The molecule has 5 rings (SSSR count). The summed E-state index contributed by atoms with van der Waals surface area (Å²) in [5.41, 5.74) is 1.49. The molecule has 0 spiro atoms. The Kier molecular flexibility index (Phi) is 6.98. The van der Waals surface area contributed by atoms with E-state index in [0.717, 1.165) is 51.7 Å². The van der Waals surface area contributed by atoms with Gasteiger partial charge in [-0.1, -0.05) is 11.6 Å². The second-order valence-electron chi connectivity index (χ2n) is 9.85. The van der Waals surface area contributed by atoms with Gasteiger partial charge in [-0.2, -0.15) is 0 Å². The van der Waals surface area contributed by atoms with E-state index in [-0.39, 0.29) is 29.1 Å². The molecule has 3 heterocycles. The third-order valence-electron chi connectivity index (χ3n) is 7.59. The number of aromatic nitrogens is 2. The molecule has 3 aliphatic rings. The largest absolute Gasteiger partial charge is 0.453 e. The Bertz CT molecular complexity index is 1080. The summed E-state index contributed by atoms with van der Waals surface area (Å²) in [7, 11) is 1.37. The molecule has 2 aromatic heterocycles. The highest BCUT2D eigenvalue weighted by atomic mass is 35.5. The highest BCUT2D eigenvalue weighted by molar-refractivity contribution is 6.33. The molecule has 2 aliphatic carbocycles. The number of hydrogen-bond acceptors (Lipinski definition) is 7. The quantitative estimate of drug-likeness (QED) is 0.496. The monoisotopic (exact) mass is 503 g/mol. The van der Waals surface area contributed by atoms with Crippen LogP contribution >= 0.6 is 11.6 Å². The first-order valence-corrected chi connectivity index (χ1v) is 12.6. The molecule has 1 amide bonds. The minimum absolute atomic E-state index is 0.121. The van der Waals surface area contributed by atoms with E-state index in [4.69, 9.17) is 16.3 Å². The third-order valence-corrected chi connectivity index (χ3v) is 7.90. The maximum absolute atomic E-state index is 14.6. The highest BCUT2D eigenvalue weighted by Gasteiger charge is 2.55. The number of amides is 1. The molecule has 0 radical (unpaired) electrons. The zero-order valence-corrected chi connectivity index (χ0v) is 20.5. The van der Waals surface area contributed by atoms with Gasteiger partial charge in [0.1, 0.15) is 5.82 Å². The van der Waals surface area contributed by atoms with Crippen LogP contribution in [-0.2, 0) is 9.47 Å². The summed E-state index contributed by atoms with van der Waals surface area (Å²) in [6, 6.07) is 5.28. The van der Waals surface area contributed by atoms with E-state index in [1.807, 2.05) is 6.07 Å². The average molecular weight is 504 g/mol. The zero-order chi connectivity index (χ0) is 24.4. The van der Waals surface area contributed by atoms with Crippen LogP contribution in [0.2, 0.25) is 5.02 Å². The predicted octanol–water partition coefficient (Wildman–Crippen LogP) is 4.85. The molecule has 35 heavy (non-hydrogen) atoms. The third kappa shape index (κ3) is 5.46. The fourth-order valence-corrected chi connectivity index (χ4v) is 5.49. The van der Waals surface area contributed by atoms with Crippen LogP contribution in [0, 0.1) is 17.2 Å². The maximum Gasteiger partial charge on any atom is 0.407 e. The Morgan fingerprint density at radius 3 is 2.86 bits per heavy atom. The van der Waals surface area contributed by atoms with Gasteiger partial charge in [0.2, 0.25) is 0 Å². The normalized spacial score (nSPS) is 27.5. The number of pyridine rings is 2. The molecule has 2 saturated carbocycles. The summed E-state index contributed by atoms with van der Waals surface area (Å²) in [6.07, 6.45) is 6.82. The van der Waals surface area contributed by atoms with Gasteiger partial charge in [0.05, 0.1) is 17.8 Å². The number of nitrogens with zero attached hydrogens (tertiary/aromatic N) is 2. The highest BCUT2D eigenvalue weighted by Crippen LogP contribution is 2.57. The summed E-state index contributed by atoms with van der Waals surface area (Å²) in [5, 5.41) is 10.0. The van der Waals surface area contributed by atoms with Crippen LogP contribution in [0.4, 0.5) is 20.8 Å². The molecule has 1 saturated heterocycles. The molecule has 2 atom stereocenters. The fraction of sp³-hybridized carbons (Fsp3) is 0.560. The van der Waals surface area contributed by atoms with Crippen molar-refractivity contribution < 1.29 is 18.7 Å². The summed E-state index contributed by atoms with van der Waals surface area (Å²) in [4.78, 5) is 20.4. The molecule has 10 heteroatoms. The lowest BCUT2D eigenvalue weighted by Gasteiger charge is -2.29. The molecule has 188 valence electrons. The van der Waals surface area contributed by atoms with E-state index in [1.54, 1.807) is 12.3 Å². The number of anilines is 2. The van der Waals surface area contributed by atoms with E-state index in [0.29, 0.717) is 34.6 Å². The molecule has 8 nitrogen and oxygen atoms in total. The van der Waals surface area contributed by atoms with Gasteiger partial charge >= 0.3 is 6.09 Å². The Balaban J connectivity index is 1.24. The van der Waals surface area contributed by atoms with Gasteiger partial charge in [0.15, 0.2) is 11.6 Å². The number of ether oxygens (including phenoxy) is 2. The minimum atomic E-state index is -0.393. The van der Waals surface area contributed by atoms with Gasteiger partial charge in [0.25, 0.3) is 0 Å². The van der Waals surface area contributed by atoms with Crippen LogP contribution in [0.25, 0.3) is 11.3 Å². The van der Waals surface area contributed by atoms with Crippen molar-refractivity contribution in [1.82, 2.24) is 15.3 Å². The van der Waals surface area contributed by atoms with Crippen molar-refractivity contribution >= 4 is 29.3 Å². The van der Waals surface area contributed by atoms with E-state index < -0.39 is 6.09 Å². The van der Waals surface area contributed by atoms with Crippen molar-refractivity contribution in [2.45, 2.75) is 50.6 Å².